The zero-order valence-corrected chi connectivity index (χ0v) is 12.6. The number of carbonyl (C=O) groups excluding carboxylic acids is 1. The Balaban J connectivity index is 1.65. The number of carbonyl (C=O) groups is 1. The summed E-state index contributed by atoms with van der Waals surface area (Å²) in [6, 6.07) is 5.18. The van der Waals surface area contributed by atoms with Crippen LogP contribution in [0.4, 0.5) is 11.4 Å². The summed E-state index contributed by atoms with van der Waals surface area (Å²) in [5.41, 5.74) is 6.92. The number of hydrogen-bond donors (Lipinski definition) is 2. The van der Waals surface area contributed by atoms with Gasteiger partial charge >= 0.3 is 0 Å². The summed E-state index contributed by atoms with van der Waals surface area (Å²) < 4.78 is 10.7. The second kappa shape index (κ2) is 7.88. The molecular formula is C16H24N2O3. The average Bonchev–Trinajstić information content (AvgIpc) is 3.27. The molecule has 5 nitrogen and oxygen atoms in total. The molecule has 0 bridgehead atoms. The van der Waals surface area contributed by atoms with Gasteiger partial charge in [-0.15, -0.1) is 0 Å². The highest BCUT2D eigenvalue weighted by molar-refractivity contribution is 5.92. The largest absolute Gasteiger partial charge is 0.495 e. The van der Waals surface area contributed by atoms with E-state index in [1.54, 1.807) is 25.3 Å². The van der Waals surface area contributed by atoms with Crippen LogP contribution in [0.5, 0.6) is 5.75 Å². The molecule has 0 radical (unpaired) electrons. The molecule has 0 unspecified atom stereocenters. The van der Waals surface area contributed by atoms with Crippen LogP contribution in [0.15, 0.2) is 18.2 Å². The van der Waals surface area contributed by atoms with Crippen LogP contribution in [-0.4, -0.2) is 26.2 Å². The van der Waals surface area contributed by atoms with Gasteiger partial charge in [0.1, 0.15) is 5.75 Å². The molecule has 21 heavy (non-hydrogen) atoms. The third-order valence-electron chi connectivity index (χ3n) is 3.56. The topological polar surface area (TPSA) is 73.6 Å². The van der Waals surface area contributed by atoms with E-state index in [9.17, 15) is 4.79 Å². The molecule has 0 atom stereocenters. The smallest absolute Gasteiger partial charge is 0.224 e. The van der Waals surface area contributed by atoms with Crippen molar-refractivity contribution >= 4 is 17.3 Å². The van der Waals surface area contributed by atoms with Crippen molar-refractivity contribution in [2.45, 2.75) is 32.1 Å². The summed E-state index contributed by atoms with van der Waals surface area (Å²) in [7, 11) is 1.56. The standard InChI is InChI=1S/C16H24N2O3/c1-20-15-7-6-13(17)11-14(15)18-16(19)3-2-9-21-10-8-12-4-5-12/h6-7,11-12H,2-5,8-10,17H2,1H3,(H,18,19). The third kappa shape index (κ3) is 5.63. The van der Waals surface area contributed by atoms with Crippen LogP contribution in [-0.2, 0) is 9.53 Å². The van der Waals surface area contributed by atoms with E-state index in [1.165, 1.54) is 12.8 Å². The molecule has 0 aromatic heterocycles. The number of ether oxygens (including phenoxy) is 2. The van der Waals surface area contributed by atoms with Crippen LogP contribution in [0, 0.1) is 5.92 Å². The van der Waals surface area contributed by atoms with Gasteiger partial charge in [-0.3, -0.25) is 4.79 Å². The predicted molar refractivity (Wildman–Crippen MR) is 83.4 cm³/mol. The molecule has 2 rings (SSSR count). The molecule has 1 aromatic rings. The van der Waals surface area contributed by atoms with Gasteiger partial charge in [0, 0.05) is 25.3 Å². The molecule has 1 aliphatic rings. The minimum Gasteiger partial charge on any atom is -0.495 e. The molecule has 1 amide bonds. The maximum Gasteiger partial charge on any atom is 0.224 e. The number of nitrogen functional groups attached to an aromatic ring is 1. The lowest BCUT2D eigenvalue weighted by Gasteiger charge is -2.11. The highest BCUT2D eigenvalue weighted by atomic mass is 16.5. The molecule has 1 fully saturated rings. The van der Waals surface area contributed by atoms with Gasteiger partial charge in [-0.05, 0) is 37.0 Å². The summed E-state index contributed by atoms with van der Waals surface area (Å²) >= 11 is 0. The Labute approximate surface area is 125 Å². The number of benzene rings is 1. The van der Waals surface area contributed by atoms with Crippen LogP contribution in [0.25, 0.3) is 0 Å². The maximum atomic E-state index is 11.9. The Morgan fingerprint density at radius 2 is 2.19 bits per heavy atom. The molecule has 0 aliphatic heterocycles. The molecule has 0 spiro atoms. The van der Waals surface area contributed by atoms with Crippen LogP contribution >= 0.6 is 0 Å². The number of nitrogens with one attached hydrogen (secondary N) is 1. The van der Waals surface area contributed by atoms with E-state index in [4.69, 9.17) is 15.2 Å². The summed E-state index contributed by atoms with van der Waals surface area (Å²) in [5.74, 6) is 1.45. The van der Waals surface area contributed by atoms with Gasteiger partial charge in [-0.1, -0.05) is 12.8 Å². The van der Waals surface area contributed by atoms with Gasteiger partial charge < -0.3 is 20.5 Å². The van der Waals surface area contributed by atoms with E-state index in [-0.39, 0.29) is 5.91 Å². The fraction of sp³-hybridized carbons (Fsp3) is 0.562. The third-order valence-corrected chi connectivity index (χ3v) is 3.56. The molecule has 3 N–H and O–H groups in total. The van der Waals surface area contributed by atoms with Crippen LogP contribution in [0.1, 0.15) is 32.1 Å². The van der Waals surface area contributed by atoms with E-state index in [0.717, 1.165) is 25.4 Å². The molecule has 1 saturated carbocycles. The van der Waals surface area contributed by atoms with Gasteiger partial charge in [0.25, 0.3) is 0 Å². The monoisotopic (exact) mass is 292 g/mol. The van der Waals surface area contributed by atoms with Crippen molar-refractivity contribution in [1.82, 2.24) is 0 Å². The van der Waals surface area contributed by atoms with Crippen LogP contribution in [0.2, 0.25) is 0 Å². The van der Waals surface area contributed by atoms with Crippen molar-refractivity contribution in [3.05, 3.63) is 18.2 Å². The maximum absolute atomic E-state index is 11.9. The molecule has 1 aromatic carbocycles. The van der Waals surface area contributed by atoms with Crippen molar-refractivity contribution < 1.29 is 14.3 Å². The predicted octanol–water partition coefficient (Wildman–Crippen LogP) is 2.81. The van der Waals surface area contributed by atoms with Gasteiger partial charge in [0.2, 0.25) is 5.91 Å². The number of nitrogens with two attached hydrogens (primary N) is 1. The van der Waals surface area contributed by atoms with E-state index in [1.807, 2.05) is 0 Å². The minimum atomic E-state index is -0.0512. The van der Waals surface area contributed by atoms with Crippen molar-refractivity contribution in [2.75, 3.05) is 31.4 Å². The molecule has 116 valence electrons. The Bertz CT molecular complexity index is 473. The van der Waals surface area contributed by atoms with Gasteiger partial charge in [-0.2, -0.15) is 0 Å². The van der Waals surface area contributed by atoms with E-state index >= 15 is 0 Å². The number of anilines is 2. The second-order valence-corrected chi connectivity index (χ2v) is 5.46. The van der Waals surface area contributed by atoms with Crippen molar-refractivity contribution in [2.24, 2.45) is 5.92 Å². The number of amides is 1. The number of rotatable bonds is 9. The zero-order valence-electron chi connectivity index (χ0n) is 12.6. The fourth-order valence-electron chi connectivity index (χ4n) is 2.13. The summed E-state index contributed by atoms with van der Waals surface area (Å²) in [6.45, 7) is 1.45. The highest BCUT2D eigenvalue weighted by Crippen LogP contribution is 2.32. The normalized spacial score (nSPS) is 14.0. The highest BCUT2D eigenvalue weighted by Gasteiger charge is 2.20. The lowest BCUT2D eigenvalue weighted by molar-refractivity contribution is -0.116. The quantitative estimate of drug-likeness (QED) is 0.542. The first-order valence-electron chi connectivity index (χ1n) is 7.50. The van der Waals surface area contributed by atoms with Crippen molar-refractivity contribution in [3.63, 3.8) is 0 Å². The summed E-state index contributed by atoms with van der Waals surface area (Å²) in [6.07, 6.45) is 5.02. The van der Waals surface area contributed by atoms with Crippen LogP contribution < -0.4 is 15.8 Å². The van der Waals surface area contributed by atoms with Crippen LogP contribution in [0.3, 0.4) is 0 Å². The molecule has 1 aliphatic carbocycles. The van der Waals surface area contributed by atoms with E-state index in [0.29, 0.717) is 30.2 Å². The van der Waals surface area contributed by atoms with Crippen molar-refractivity contribution in [1.29, 1.82) is 0 Å². The molecule has 0 saturated heterocycles. The Kier molecular flexibility index (Phi) is 5.87. The molecule has 0 heterocycles. The molecule has 5 heteroatoms. The Hall–Kier alpha value is -1.75. The second-order valence-electron chi connectivity index (χ2n) is 5.46. The zero-order chi connectivity index (χ0) is 15.1. The van der Waals surface area contributed by atoms with E-state index < -0.39 is 0 Å². The Morgan fingerprint density at radius 3 is 2.90 bits per heavy atom. The summed E-state index contributed by atoms with van der Waals surface area (Å²) in [4.78, 5) is 11.9. The lowest BCUT2D eigenvalue weighted by Crippen LogP contribution is -2.13. The number of methoxy groups -OCH3 is 1. The first kappa shape index (κ1) is 15.6. The first-order chi connectivity index (χ1) is 10.2. The SMILES string of the molecule is COc1ccc(N)cc1NC(=O)CCCOCCC1CC1. The average molecular weight is 292 g/mol. The summed E-state index contributed by atoms with van der Waals surface area (Å²) in [5, 5.41) is 2.82. The fourth-order valence-corrected chi connectivity index (χ4v) is 2.13. The van der Waals surface area contributed by atoms with Gasteiger partial charge in [0.15, 0.2) is 0 Å². The number of hydrogen-bond acceptors (Lipinski definition) is 4. The van der Waals surface area contributed by atoms with Crippen molar-refractivity contribution in [3.8, 4) is 5.75 Å². The lowest BCUT2D eigenvalue weighted by atomic mass is 10.2. The minimum absolute atomic E-state index is 0.0512. The van der Waals surface area contributed by atoms with Gasteiger partial charge in [-0.25, -0.2) is 0 Å². The van der Waals surface area contributed by atoms with Gasteiger partial charge in [0.05, 0.1) is 12.8 Å². The first-order valence-corrected chi connectivity index (χ1v) is 7.50. The Morgan fingerprint density at radius 1 is 1.38 bits per heavy atom. The van der Waals surface area contributed by atoms with E-state index in [2.05, 4.69) is 5.32 Å². The molecular weight excluding hydrogens is 268 g/mol.